The number of aliphatic carboxylic acids is 1. The zero-order chi connectivity index (χ0) is 16.7. The predicted molar refractivity (Wildman–Crippen MR) is 96.3 cm³/mol. The van der Waals surface area contributed by atoms with Gasteiger partial charge in [-0.3, -0.25) is 4.79 Å². The fourth-order valence-electron chi connectivity index (χ4n) is 3.33. The average Bonchev–Trinajstić information content (AvgIpc) is 2.46. The van der Waals surface area contributed by atoms with Crippen molar-refractivity contribution in [3.63, 3.8) is 0 Å². The molecule has 0 heterocycles. The first-order valence-corrected chi connectivity index (χ1v) is 9.76. The molecule has 0 atom stereocenters. The highest BCUT2D eigenvalue weighted by molar-refractivity contribution is 5.67. The second-order valence-electron chi connectivity index (χ2n) is 7.42. The topological polar surface area (TPSA) is 37.3 Å². The van der Waals surface area contributed by atoms with Gasteiger partial charge >= 0.3 is 5.97 Å². The van der Waals surface area contributed by atoms with E-state index in [4.69, 9.17) is 0 Å². The van der Waals surface area contributed by atoms with Crippen molar-refractivity contribution < 1.29 is 9.90 Å². The smallest absolute Gasteiger partial charge is 0.303 e. The van der Waals surface area contributed by atoms with Crippen molar-refractivity contribution in [3.05, 3.63) is 0 Å². The number of hydrogen-bond acceptors (Lipinski definition) is 1. The van der Waals surface area contributed by atoms with E-state index in [1.54, 1.807) is 0 Å². The lowest BCUT2D eigenvalue weighted by atomic mass is 9.77. The van der Waals surface area contributed by atoms with Gasteiger partial charge in [-0.25, -0.2) is 0 Å². The predicted octanol–water partition coefficient (Wildman–Crippen LogP) is 6.97. The molecule has 0 bridgehead atoms. The van der Waals surface area contributed by atoms with Crippen molar-refractivity contribution in [3.8, 4) is 0 Å². The molecular weight excluding hydrogens is 272 g/mol. The van der Waals surface area contributed by atoms with E-state index in [0.717, 1.165) is 12.8 Å². The van der Waals surface area contributed by atoms with Crippen LogP contribution in [-0.4, -0.2) is 11.1 Å². The van der Waals surface area contributed by atoms with Gasteiger partial charge in [-0.2, -0.15) is 0 Å². The largest absolute Gasteiger partial charge is 0.481 e. The van der Waals surface area contributed by atoms with Crippen LogP contribution in [0.3, 0.4) is 0 Å². The zero-order valence-corrected chi connectivity index (χ0v) is 15.5. The lowest BCUT2D eigenvalue weighted by Gasteiger charge is -2.28. The average molecular weight is 313 g/mol. The first-order chi connectivity index (χ1) is 10.5. The van der Waals surface area contributed by atoms with E-state index in [1.807, 2.05) is 0 Å². The van der Waals surface area contributed by atoms with Crippen LogP contribution in [0.5, 0.6) is 0 Å². The summed E-state index contributed by atoms with van der Waals surface area (Å²) >= 11 is 0. The Balaban J connectivity index is 3.93. The first kappa shape index (κ1) is 21.5. The summed E-state index contributed by atoms with van der Waals surface area (Å²) in [6.07, 6.45) is 18.0. The van der Waals surface area contributed by atoms with Gasteiger partial charge in [-0.1, -0.05) is 97.8 Å². The highest BCUT2D eigenvalue weighted by Gasteiger charge is 2.26. The third-order valence-corrected chi connectivity index (χ3v) is 4.85. The van der Waals surface area contributed by atoms with Crippen LogP contribution in [0.2, 0.25) is 0 Å². The summed E-state index contributed by atoms with van der Waals surface area (Å²) in [6, 6.07) is 0. The van der Waals surface area contributed by atoms with Gasteiger partial charge in [0.15, 0.2) is 0 Å². The Hall–Kier alpha value is -0.530. The van der Waals surface area contributed by atoms with E-state index in [2.05, 4.69) is 20.8 Å². The van der Waals surface area contributed by atoms with E-state index in [0.29, 0.717) is 6.42 Å². The maximum absolute atomic E-state index is 11.2. The van der Waals surface area contributed by atoms with Crippen LogP contribution < -0.4 is 0 Å². The second kappa shape index (κ2) is 14.1. The van der Waals surface area contributed by atoms with Crippen molar-refractivity contribution in [1.29, 1.82) is 0 Å². The molecule has 2 heteroatoms. The molecule has 0 aromatic carbocycles. The monoisotopic (exact) mass is 312 g/mol. The van der Waals surface area contributed by atoms with Crippen LogP contribution in [0.25, 0.3) is 0 Å². The molecule has 0 unspecified atom stereocenters. The molecule has 0 saturated carbocycles. The third-order valence-electron chi connectivity index (χ3n) is 4.85. The normalized spacial score (nSPS) is 11.8. The van der Waals surface area contributed by atoms with Gasteiger partial charge in [0.2, 0.25) is 0 Å². The van der Waals surface area contributed by atoms with Crippen LogP contribution in [0.4, 0.5) is 0 Å². The number of carboxylic acid groups (broad SMARTS) is 1. The fourth-order valence-corrected chi connectivity index (χ4v) is 3.33. The number of hydrogen-bond donors (Lipinski definition) is 1. The lowest BCUT2D eigenvalue weighted by Crippen LogP contribution is -2.21. The van der Waals surface area contributed by atoms with Crippen molar-refractivity contribution in [2.75, 3.05) is 0 Å². The molecule has 0 radical (unpaired) electrons. The van der Waals surface area contributed by atoms with E-state index in [1.165, 1.54) is 77.0 Å². The van der Waals surface area contributed by atoms with Crippen LogP contribution >= 0.6 is 0 Å². The molecule has 0 aliphatic carbocycles. The molecular formula is C20H40O2. The Labute approximate surface area is 139 Å². The minimum absolute atomic E-state index is 0.0152. The molecule has 0 aromatic heterocycles. The summed E-state index contributed by atoms with van der Waals surface area (Å²) in [7, 11) is 0. The molecule has 22 heavy (non-hydrogen) atoms. The Morgan fingerprint density at radius 2 is 1.09 bits per heavy atom. The van der Waals surface area contributed by atoms with E-state index < -0.39 is 5.97 Å². The molecule has 0 fully saturated rings. The number of carboxylic acids is 1. The van der Waals surface area contributed by atoms with Gasteiger partial charge < -0.3 is 5.11 Å². The highest BCUT2D eigenvalue weighted by Crippen LogP contribution is 2.35. The summed E-state index contributed by atoms with van der Waals surface area (Å²) in [5, 5.41) is 9.19. The summed E-state index contributed by atoms with van der Waals surface area (Å²) in [6.45, 7) is 6.67. The van der Waals surface area contributed by atoms with Crippen molar-refractivity contribution >= 4 is 5.97 Å². The molecule has 0 aromatic rings. The van der Waals surface area contributed by atoms with E-state index >= 15 is 0 Å². The third kappa shape index (κ3) is 13.2. The maximum Gasteiger partial charge on any atom is 0.303 e. The molecule has 0 spiro atoms. The molecule has 2 nitrogen and oxygen atoms in total. The van der Waals surface area contributed by atoms with Crippen LogP contribution in [0.15, 0.2) is 0 Å². The maximum atomic E-state index is 11.2. The quantitative estimate of drug-likeness (QED) is 0.312. The summed E-state index contributed by atoms with van der Waals surface area (Å²) in [4.78, 5) is 11.2. The summed E-state index contributed by atoms with van der Waals surface area (Å²) in [5.74, 6) is -0.625. The standard InChI is InChI=1S/C20H40O2/c1-4-6-8-10-12-14-16-20(3,18-19(21)22)17-15-13-11-9-7-5-2/h4-18H2,1-3H3,(H,21,22). The molecule has 1 N–H and O–H groups in total. The second-order valence-corrected chi connectivity index (χ2v) is 7.42. The number of unbranched alkanes of at least 4 members (excludes halogenated alkanes) is 10. The van der Waals surface area contributed by atoms with Gasteiger partial charge in [0, 0.05) is 0 Å². The molecule has 132 valence electrons. The summed E-state index contributed by atoms with van der Waals surface area (Å²) < 4.78 is 0. The Kier molecular flexibility index (Phi) is 13.7. The van der Waals surface area contributed by atoms with E-state index in [9.17, 15) is 9.90 Å². The zero-order valence-electron chi connectivity index (χ0n) is 15.5. The molecule has 0 saturated heterocycles. The minimum atomic E-state index is -0.625. The van der Waals surface area contributed by atoms with Crippen LogP contribution in [0, 0.1) is 5.41 Å². The van der Waals surface area contributed by atoms with Crippen molar-refractivity contribution in [2.45, 2.75) is 117 Å². The van der Waals surface area contributed by atoms with Gasteiger partial charge in [0.25, 0.3) is 0 Å². The van der Waals surface area contributed by atoms with Crippen molar-refractivity contribution in [2.24, 2.45) is 5.41 Å². The van der Waals surface area contributed by atoms with Gasteiger partial charge in [0.05, 0.1) is 6.42 Å². The summed E-state index contributed by atoms with van der Waals surface area (Å²) in [5.41, 5.74) is 0.0152. The number of rotatable bonds is 16. The SMILES string of the molecule is CCCCCCCCC(C)(CCCCCCCC)CC(=O)O. The fraction of sp³-hybridized carbons (Fsp3) is 0.950. The molecule has 0 rings (SSSR count). The van der Waals surface area contributed by atoms with Crippen molar-refractivity contribution in [1.82, 2.24) is 0 Å². The van der Waals surface area contributed by atoms with Gasteiger partial charge in [0.1, 0.15) is 0 Å². The Morgan fingerprint density at radius 1 is 0.727 bits per heavy atom. The van der Waals surface area contributed by atoms with E-state index in [-0.39, 0.29) is 5.41 Å². The molecule has 0 aliphatic heterocycles. The first-order valence-electron chi connectivity index (χ1n) is 9.76. The Morgan fingerprint density at radius 3 is 1.45 bits per heavy atom. The molecule has 0 amide bonds. The van der Waals surface area contributed by atoms with Gasteiger partial charge in [-0.15, -0.1) is 0 Å². The Bertz CT molecular complexity index is 244. The lowest BCUT2D eigenvalue weighted by molar-refractivity contribution is -0.139. The van der Waals surface area contributed by atoms with Gasteiger partial charge in [-0.05, 0) is 18.3 Å². The van der Waals surface area contributed by atoms with Crippen LogP contribution in [-0.2, 0) is 4.79 Å². The highest BCUT2D eigenvalue weighted by atomic mass is 16.4. The number of carbonyl (C=O) groups is 1. The minimum Gasteiger partial charge on any atom is -0.481 e. The van der Waals surface area contributed by atoms with Crippen LogP contribution in [0.1, 0.15) is 117 Å². The molecule has 0 aliphatic rings.